The van der Waals surface area contributed by atoms with E-state index in [1.165, 1.54) is 11.3 Å². The van der Waals surface area contributed by atoms with Crippen molar-refractivity contribution >= 4 is 21.4 Å². The number of ether oxygens (including phenoxy) is 1. The Bertz CT molecular complexity index is 664. The van der Waals surface area contributed by atoms with E-state index in [2.05, 4.69) is 4.72 Å². The number of sulfonamides is 1. The number of rotatable bonds is 6. The molecule has 0 bridgehead atoms. The molecule has 0 spiro atoms. The van der Waals surface area contributed by atoms with Crippen molar-refractivity contribution in [3.63, 3.8) is 0 Å². The molecule has 0 fully saturated rings. The first-order valence-corrected chi connectivity index (χ1v) is 8.59. The number of aryl methyl sites for hydroxylation is 1. The average Bonchev–Trinajstić information content (AvgIpc) is 2.94. The van der Waals surface area contributed by atoms with Crippen LogP contribution in [0.2, 0.25) is 0 Å². The van der Waals surface area contributed by atoms with E-state index in [4.69, 9.17) is 4.74 Å². The smallest absolute Gasteiger partial charge is 0.250 e. The zero-order valence-electron chi connectivity index (χ0n) is 11.4. The van der Waals surface area contributed by atoms with Crippen LogP contribution in [0.5, 0.6) is 5.75 Å². The predicted octanol–water partition coefficient (Wildman–Crippen LogP) is 2.72. The van der Waals surface area contributed by atoms with Gasteiger partial charge < -0.3 is 4.74 Å². The van der Waals surface area contributed by atoms with Gasteiger partial charge in [0, 0.05) is 6.54 Å². The van der Waals surface area contributed by atoms with Gasteiger partial charge in [-0.3, -0.25) is 0 Å². The third-order valence-electron chi connectivity index (χ3n) is 2.97. The van der Waals surface area contributed by atoms with Crippen LogP contribution in [0.25, 0.3) is 0 Å². The molecule has 0 saturated heterocycles. The van der Waals surface area contributed by atoms with Crippen LogP contribution in [0, 0.1) is 13.8 Å². The van der Waals surface area contributed by atoms with Gasteiger partial charge in [0.1, 0.15) is 16.6 Å². The summed E-state index contributed by atoms with van der Waals surface area (Å²) < 4.78 is 32.2. The molecule has 0 atom stereocenters. The molecular weight excluding hydrogens is 294 g/mol. The van der Waals surface area contributed by atoms with Crippen molar-refractivity contribution in [3.05, 3.63) is 46.8 Å². The summed E-state index contributed by atoms with van der Waals surface area (Å²) in [5.74, 6) is 0.792. The molecule has 0 aliphatic rings. The summed E-state index contributed by atoms with van der Waals surface area (Å²) in [4.78, 5) is 0. The summed E-state index contributed by atoms with van der Waals surface area (Å²) in [5.41, 5.74) is 2.23. The third-order valence-corrected chi connectivity index (χ3v) is 5.83. The van der Waals surface area contributed by atoms with E-state index < -0.39 is 10.0 Å². The molecule has 20 heavy (non-hydrogen) atoms. The van der Waals surface area contributed by atoms with Crippen LogP contribution in [0.3, 0.4) is 0 Å². The van der Waals surface area contributed by atoms with Crippen molar-refractivity contribution in [2.24, 2.45) is 0 Å². The molecule has 0 radical (unpaired) electrons. The number of thiophene rings is 1. The van der Waals surface area contributed by atoms with E-state index >= 15 is 0 Å². The first-order chi connectivity index (χ1) is 9.50. The highest BCUT2D eigenvalue weighted by molar-refractivity contribution is 7.91. The summed E-state index contributed by atoms with van der Waals surface area (Å²) in [6.07, 6.45) is 0. The zero-order chi connectivity index (χ0) is 14.6. The lowest BCUT2D eigenvalue weighted by Crippen LogP contribution is -2.27. The number of nitrogens with one attached hydrogen (secondary N) is 1. The molecule has 0 unspecified atom stereocenters. The number of hydrogen-bond acceptors (Lipinski definition) is 4. The maximum Gasteiger partial charge on any atom is 0.250 e. The van der Waals surface area contributed by atoms with E-state index in [9.17, 15) is 8.42 Å². The standard InChI is InChI=1S/C14H17NO3S2/c1-11-5-3-6-13(12(11)2)18-9-8-15-20(16,17)14-7-4-10-19-14/h3-7,10,15H,8-9H2,1-2H3. The second-order valence-corrected chi connectivity index (χ2v) is 7.32. The predicted molar refractivity (Wildman–Crippen MR) is 80.9 cm³/mol. The normalized spacial score (nSPS) is 11.5. The second-order valence-electron chi connectivity index (χ2n) is 4.38. The molecule has 6 heteroatoms. The summed E-state index contributed by atoms with van der Waals surface area (Å²) in [6.45, 7) is 4.55. The van der Waals surface area contributed by atoms with Gasteiger partial charge in [0.05, 0.1) is 0 Å². The van der Waals surface area contributed by atoms with Crippen molar-refractivity contribution in [2.45, 2.75) is 18.1 Å². The Morgan fingerprint density at radius 3 is 2.70 bits per heavy atom. The van der Waals surface area contributed by atoms with E-state index in [0.717, 1.165) is 16.9 Å². The third kappa shape index (κ3) is 3.59. The lowest BCUT2D eigenvalue weighted by atomic mass is 10.1. The Morgan fingerprint density at radius 2 is 2.00 bits per heavy atom. The highest BCUT2D eigenvalue weighted by Gasteiger charge is 2.14. The Labute approximate surface area is 123 Å². The molecule has 1 aromatic carbocycles. The molecule has 0 aliphatic heterocycles. The molecule has 1 N–H and O–H groups in total. The van der Waals surface area contributed by atoms with Gasteiger partial charge >= 0.3 is 0 Å². The fourth-order valence-corrected chi connectivity index (χ4v) is 3.76. The minimum atomic E-state index is -3.40. The monoisotopic (exact) mass is 311 g/mol. The summed E-state index contributed by atoms with van der Waals surface area (Å²) in [5, 5.41) is 1.74. The Morgan fingerprint density at radius 1 is 1.20 bits per heavy atom. The fraction of sp³-hybridized carbons (Fsp3) is 0.286. The topological polar surface area (TPSA) is 55.4 Å². The van der Waals surface area contributed by atoms with Crippen LogP contribution in [-0.2, 0) is 10.0 Å². The van der Waals surface area contributed by atoms with Gasteiger partial charge in [-0.25, -0.2) is 13.1 Å². The molecule has 108 valence electrons. The average molecular weight is 311 g/mol. The highest BCUT2D eigenvalue weighted by atomic mass is 32.2. The Kier molecular flexibility index (Phi) is 4.80. The van der Waals surface area contributed by atoms with Crippen molar-refractivity contribution in [1.82, 2.24) is 4.72 Å². The maximum atomic E-state index is 11.9. The molecule has 2 aromatic rings. The van der Waals surface area contributed by atoms with Crippen molar-refractivity contribution in [3.8, 4) is 5.75 Å². The SMILES string of the molecule is Cc1cccc(OCCNS(=O)(=O)c2cccs2)c1C. The van der Waals surface area contributed by atoms with E-state index in [0.29, 0.717) is 10.8 Å². The van der Waals surface area contributed by atoms with E-state index in [1.807, 2.05) is 32.0 Å². The van der Waals surface area contributed by atoms with E-state index in [-0.39, 0.29) is 6.54 Å². The molecule has 1 aromatic heterocycles. The van der Waals surface area contributed by atoms with Crippen LogP contribution in [0.15, 0.2) is 39.9 Å². The first kappa shape index (κ1) is 15.0. The van der Waals surface area contributed by atoms with Gasteiger partial charge in [0.15, 0.2) is 0 Å². The van der Waals surface area contributed by atoms with Crippen molar-refractivity contribution in [1.29, 1.82) is 0 Å². The van der Waals surface area contributed by atoms with Gasteiger partial charge in [0.2, 0.25) is 10.0 Å². The highest BCUT2D eigenvalue weighted by Crippen LogP contribution is 2.20. The van der Waals surface area contributed by atoms with Crippen LogP contribution < -0.4 is 9.46 Å². The van der Waals surface area contributed by atoms with Crippen molar-refractivity contribution in [2.75, 3.05) is 13.2 Å². The maximum absolute atomic E-state index is 11.9. The number of hydrogen-bond donors (Lipinski definition) is 1. The molecule has 0 amide bonds. The molecule has 4 nitrogen and oxygen atoms in total. The second kappa shape index (κ2) is 6.39. The van der Waals surface area contributed by atoms with Crippen molar-refractivity contribution < 1.29 is 13.2 Å². The molecule has 1 heterocycles. The van der Waals surface area contributed by atoms with Gasteiger partial charge in [-0.2, -0.15) is 0 Å². The Hall–Kier alpha value is -1.37. The van der Waals surface area contributed by atoms with Crippen LogP contribution in [0.4, 0.5) is 0 Å². The van der Waals surface area contributed by atoms with Crippen LogP contribution in [-0.4, -0.2) is 21.6 Å². The van der Waals surface area contributed by atoms with E-state index in [1.54, 1.807) is 17.5 Å². The quantitative estimate of drug-likeness (QED) is 0.835. The minimum Gasteiger partial charge on any atom is -0.492 e. The largest absolute Gasteiger partial charge is 0.492 e. The van der Waals surface area contributed by atoms with Gasteiger partial charge in [-0.1, -0.05) is 18.2 Å². The molecule has 2 rings (SSSR count). The lowest BCUT2D eigenvalue weighted by Gasteiger charge is -2.11. The molecule has 0 aliphatic carbocycles. The van der Waals surface area contributed by atoms with Crippen LogP contribution in [0.1, 0.15) is 11.1 Å². The van der Waals surface area contributed by atoms with Crippen LogP contribution >= 0.6 is 11.3 Å². The zero-order valence-corrected chi connectivity index (χ0v) is 13.1. The summed E-state index contributed by atoms with van der Waals surface area (Å²) in [6, 6.07) is 9.12. The number of benzene rings is 1. The lowest BCUT2D eigenvalue weighted by molar-refractivity contribution is 0.320. The summed E-state index contributed by atoms with van der Waals surface area (Å²) in [7, 11) is -3.40. The molecule has 0 saturated carbocycles. The van der Waals surface area contributed by atoms with Gasteiger partial charge in [-0.05, 0) is 42.5 Å². The summed E-state index contributed by atoms with van der Waals surface area (Å²) >= 11 is 1.20. The minimum absolute atomic E-state index is 0.244. The Balaban J connectivity index is 1.87. The molecular formula is C14H17NO3S2. The van der Waals surface area contributed by atoms with Gasteiger partial charge in [0.25, 0.3) is 0 Å². The fourth-order valence-electron chi connectivity index (χ4n) is 1.71. The first-order valence-electron chi connectivity index (χ1n) is 6.23. The van der Waals surface area contributed by atoms with Gasteiger partial charge in [-0.15, -0.1) is 11.3 Å².